The summed E-state index contributed by atoms with van der Waals surface area (Å²) < 4.78 is 22.7. The molecule has 2 aromatic heterocycles. The maximum absolute atomic E-state index is 5.98. The van der Waals surface area contributed by atoms with Gasteiger partial charge in [0.05, 0.1) is 0 Å². The van der Waals surface area contributed by atoms with E-state index in [-0.39, 0.29) is 34.6 Å². The van der Waals surface area contributed by atoms with Gasteiger partial charge in [-0.2, -0.15) is 19.9 Å². The van der Waals surface area contributed by atoms with Gasteiger partial charge in [-0.25, -0.2) is 0 Å². The molecular weight excluding hydrogens is 435 g/mol. The largest absolute Gasteiger partial charge is 0.424 e. The van der Waals surface area contributed by atoms with E-state index in [0.717, 1.165) is 0 Å². The van der Waals surface area contributed by atoms with Crippen LogP contribution in [0.5, 0.6) is 47.0 Å². The number of fused-ring (bicyclic) bond motifs is 8. The fourth-order valence-corrected chi connectivity index (χ4v) is 2.73. The highest BCUT2D eigenvalue weighted by Crippen LogP contribution is 2.31. The van der Waals surface area contributed by atoms with E-state index in [9.17, 15) is 0 Å². The Morgan fingerprint density at radius 1 is 0.467 bits per heavy atom. The molecular formula is C18H8Cl2N6O4. The molecule has 30 heavy (non-hydrogen) atoms. The van der Waals surface area contributed by atoms with Crippen LogP contribution in [0.2, 0.25) is 10.6 Å². The van der Waals surface area contributed by atoms with Gasteiger partial charge >= 0.3 is 24.0 Å². The van der Waals surface area contributed by atoms with Crippen LogP contribution in [0.3, 0.4) is 0 Å². The average molecular weight is 443 g/mol. The summed E-state index contributed by atoms with van der Waals surface area (Å²) >= 11 is 12.0. The second-order valence-electron chi connectivity index (χ2n) is 5.70. The van der Waals surface area contributed by atoms with Crippen LogP contribution in [0.15, 0.2) is 48.5 Å². The molecule has 4 aromatic rings. The molecule has 3 heterocycles. The first-order valence-electron chi connectivity index (χ1n) is 8.34. The van der Waals surface area contributed by atoms with Crippen LogP contribution in [-0.4, -0.2) is 29.9 Å². The van der Waals surface area contributed by atoms with Gasteiger partial charge in [0.15, 0.2) is 0 Å². The Bertz CT molecular complexity index is 1080. The molecule has 5 rings (SSSR count). The van der Waals surface area contributed by atoms with E-state index in [4.69, 9.17) is 42.1 Å². The Morgan fingerprint density at radius 2 is 0.767 bits per heavy atom. The molecule has 148 valence electrons. The Hall–Kier alpha value is -3.76. The Morgan fingerprint density at radius 3 is 1.07 bits per heavy atom. The van der Waals surface area contributed by atoms with E-state index in [2.05, 4.69) is 29.9 Å². The number of nitrogens with zero attached hydrogens (tertiary/aromatic N) is 6. The predicted octanol–water partition coefficient (Wildman–Crippen LogP) is 4.85. The number of ether oxygens (including phenoxy) is 4. The molecule has 0 spiro atoms. The minimum atomic E-state index is -0.0989. The standard InChI is InChI=1S/C18H8Cl2N6O4/c19-13-21-15-25-17(23-13)29-11-5-2-6-12(8-11)30-18-24-14(20)22-16(26-18)28-10-4-1-3-9(7-10)27-15/h1-8H. The van der Waals surface area contributed by atoms with E-state index >= 15 is 0 Å². The Balaban J connectivity index is 1.63. The van der Waals surface area contributed by atoms with Crippen molar-refractivity contribution in [1.82, 2.24) is 29.9 Å². The molecule has 0 radical (unpaired) electrons. The normalized spacial score (nSPS) is 12.1. The van der Waals surface area contributed by atoms with Crippen LogP contribution in [0.25, 0.3) is 0 Å². The van der Waals surface area contributed by atoms with Gasteiger partial charge in [-0.1, -0.05) is 12.1 Å². The van der Waals surface area contributed by atoms with Gasteiger partial charge in [0.2, 0.25) is 10.6 Å². The minimum Gasteiger partial charge on any atom is -0.424 e. The van der Waals surface area contributed by atoms with Crippen molar-refractivity contribution >= 4 is 23.2 Å². The van der Waals surface area contributed by atoms with Gasteiger partial charge in [-0.15, -0.1) is 9.97 Å². The quantitative estimate of drug-likeness (QED) is 0.329. The summed E-state index contributed by atoms with van der Waals surface area (Å²) in [5.74, 6) is 1.47. The Kier molecular flexibility index (Phi) is 4.62. The van der Waals surface area contributed by atoms with Gasteiger partial charge in [0.25, 0.3) is 0 Å². The summed E-state index contributed by atoms with van der Waals surface area (Å²) in [5.41, 5.74) is 0. The molecule has 2 aromatic carbocycles. The van der Waals surface area contributed by atoms with Crippen LogP contribution in [0, 0.1) is 0 Å². The third kappa shape index (κ3) is 4.14. The van der Waals surface area contributed by atoms with Crippen molar-refractivity contribution in [2.24, 2.45) is 0 Å². The number of hydrogen-bond acceptors (Lipinski definition) is 10. The Labute approximate surface area is 178 Å². The van der Waals surface area contributed by atoms with E-state index in [1.54, 1.807) is 48.5 Å². The smallest absolute Gasteiger partial charge is 0.329 e. The zero-order chi connectivity index (χ0) is 20.5. The third-order valence-electron chi connectivity index (χ3n) is 3.58. The second kappa shape index (κ2) is 7.58. The van der Waals surface area contributed by atoms with Crippen LogP contribution in [-0.2, 0) is 0 Å². The van der Waals surface area contributed by atoms with Crippen LogP contribution in [0.4, 0.5) is 0 Å². The molecule has 12 heteroatoms. The predicted molar refractivity (Wildman–Crippen MR) is 103 cm³/mol. The van der Waals surface area contributed by atoms with Crippen molar-refractivity contribution in [3.8, 4) is 47.0 Å². The van der Waals surface area contributed by atoms with Crippen molar-refractivity contribution < 1.29 is 18.9 Å². The van der Waals surface area contributed by atoms with Gasteiger partial charge < -0.3 is 18.9 Å². The fourth-order valence-electron chi connectivity index (χ4n) is 2.44. The van der Waals surface area contributed by atoms with E-state index < -0.39 is 0 Å². The summed E-state index contributed by atoms with van der Waals surface area (Å²) in [4.78, 5) is 24.0. The molecule has 0 aliphatic carbocycles. The number of halogens is 2. The van der Waals surface area contributed by atoms with Crippen LogP contribution < -0.4 is 18.9 Å². The summed E-state index contributed by atoms with van der Waals surface area (Å²) in [5, 5.41) is -0.198. The highest BCUT2D eigenvalue weighted by Gasteiger charge is 2.14. The molecule has 1 aliphatic rings. The molecule has 10 nitrogen and oxygen atoms in total. The highest BCUT2D eigenvalue weighted by atomic mass is 35.5. The molecule has 0 fully saturated rings. The molecule has 0 amide bonds. The molecule has 0 atom stereocenters. The summed E-state index contributed by atoms with van der Waals surface area (Å²) in [7, 11) is 0. The zero-order valence-electron chi connectivity index (χ0n) is 14.7. The summed E-state index contributed by atoms with van der Waals surface area (Å²) in [6, 6.07) is 13.0. The lowest BCUT2D eigenvalue weighted by molar-refractivity contribution is 0.380. The maximum atomic E-state index is 5.98. The number of aromatic nitrogens is 6. The number of rotatable bonds is 0. The van der Waals surface area contributed by atoms with Crippen LogP contribution >= 0.6 is 23.2 Å². The minimum absolute atomic E-state index is 0.0628. The lowest BCUT2D eigenvalue weighted by Crippen LogP contribution is -2.01. The highest BCUT2D eigenvalue weighted by molar-refractivity contribution is 6.28. The van der Waals surface area contributed by atoms with E-state index in [0.29, 0.717) is 23.0 Å². The molecule has 0 unspecified atom stereocenters. The van der Waals surface area contributed by atoms with E-state index in [1.807, 2.05) is 0 Å². The summed E-state index contributed by atoms with van der Waals surface area (Å²) in [6.45, 7) is 0. The maximum Gasteiger partial charge on any atom is 0.329 e. The molecule has 0 saturated carbocycles. The monoisotopic (exact) mass is 442 g/mol. The number of benzene rings is 2. The topological polar surface area (TPSA) is 114 Å². The SMILES string of the molecule is Clc1nc2nc(n1)Oc1cccc(c1)Oc1nc(Cl)nc(n1)Oc1cccc(c1)O2. The third-order valence-corrected chi connectivity index (χ3v) is 3.92. The fraction of sp³-hybridized carbons (Fsp3) is 0. The molecule has 1 aliphatic heterocycles. The van der Waals surface area contributed by atoms with Crippen molar-refractivity contribution in [1.29, 1.82) is 0 Å². The van der Waals surface area contributed by atoms with E-state index in [1.165, 1.54) is 0 Å². The molecule has 8 bridgehead atoms. The molecule has 0 N–H and O–H groups in total. The van der Waals surface area contributed by atoms with Gasteiger partial charge in [0, 0.05) is 12.1 Å². The number of hydrogen-bond donors (Lipinski definition) is 0. The van der Waals surface area contributed by atoms with Crippen molar-refractivity contribution in [3.05, 3.63) is 59.1 Å². The van der Waals surface area contributed by atoms with Crippen LogP contribution in [0.1, 0.15) is 0 Å². The van der Waals surface area contributed by atoms with Crippen molar-refractivity contribution in [2.45, 2.75) is 0 Å². The van der Waals surface area contributed by atoms with Crippen molar-refractivity contribution in [3.63, 3.8) is 0 Å². The first-order valence-corrected chi connectivity index (χ1v) is 9.09. The zero-order valence-corrected chi connectivity index (χ0v) is 16.2. The van der Waals surface area contributed by atoms with Gasteiger partial charge in [-0.05, 0) is 47.5 Å². The molecule has 0 saturated heterocycles. The average Bonchev–Trinajstić information content (AvgIpc) is 2.67. The van der Waals surface area contributed by atoms with Gasteiger partial charge in [-0.3, -0.25) is 0 Å². The summed E-state index contributed by atoms with van der Waals surface area (Å²) in [6.07, 6.45) is 0. The lowest BCUT2D eigenvalue weighted by Gasteiger charge is -2.11. The first kappa shape index (κ1) is 18.3. The second-order valence-corrected chi connectivity index (χ2v) is 6.37. The lowest BCUT2D eigenvalue weighted by atomic mass is 10.3. The van der Waals surface area contributed by atoms with Crippen molar-refractivity contribution in [2.75, 3.05) is 0 Å². The van der Waals surface area contributed by atoms with Gasteiger partial charge in [0.1, 0.15) is 23.0 Å². The first-order chi connectivity index (χ1) is 14.6.